The first-order valence-electron chi connectivity index (χ1n) is 15.0. The number of halogens is 2. The number of amides is 3. The summed E-state index contributed by atoms with van der Waals surface area (Å²) in [6, 6.07) is 10.1. The smallest absolute Gasteiger partial charge is 0.315 e. The number of aliphatic hydroxyl groups excluding tert-OH is 1. The normalized spacial score (nSPS) is 13.3. The van der Waals surface area contributed by atoms with Gasteiger partial charge in [-0.15, -0.1) is 0 Å². The van der Waals surface area contributed by atoms with Crippen LogP contribution in [0.5, 0.6) is 0 Å². The van der Waals surface area contributed by atoms with E-state index in [0.717, 1.165) is 43.7 Å². The highest BCUT2D eigenvalue weighted by molar-refractivity contribution is 5.78. The minimum absolute atomic E-state index is 0.00226. The van der Waals surface area contributed by atoms with E-state index in [1.807, 2.05) is 19.9 Å². The molecule has 0 radical (unpaired) electrons. The standard InChI is InChI=1S/C32H48F2N4O3/c1-5-10-28(25-12-9-11-23(8-4)17-25)36-22-30(39)29(20-24-18-26(33)21-27(34)19-24)37-32(41)35-14-13-31(40)38(15-6-2)16-7-3/h9,11-12,17-19,21,28-30,36,39H,5-8,10,13-16,20,22H2,1-4H3,(H2,35,37,41)/t28?,29-,30+/m0/s1. The molecule has 1 unspecified atom stereocenters. The Kier molecular flexibility index (Phi) is 15.3. The zero-order valence-electron chi connectivity index (χ0n) is 25.0. The molecule has 2 aromatic rings. The number of nitrogens with one attached hydrogen (secondary N) is 3. The Morgan fingerprint density at radius 3 is 2.22 bits per heavy atom. The summed E-state index contributed by atoms with van der Waals surface area (Å²) < 4.78 is 27.8. The molecule has 0 aliphatic heterocycles. The van der Waals surface area contributed by atoms with Crippen molar-refractivity contribution >= 4 is 11.9 Å². The Hall–Kier alpha value is -3.04. The molecule has 0 heterocycles. The summed E-state index contributed by atoms with van der Waals surface area (Å²) in [7, 11) is 0. The predicted molar refractivity (Wildman–Crippen MR) is 160 cm³/mol. The first kappa shape index (κ1) is 34.2. The molecule has 2 rings (SSSR count). The summed E-state index contributed by atoms with van der Waals surface area (Å²) in [6.07, 6.45) is 3.56. The molecule has 41 heavy (non-hydrogen) atoms. The number of carbonyl (C=O) groups is 2. The van der Waals surface area contributed by atoms with E-state index in [1.165, 1.54) is 17.7 Å². The highest BCUT2D eigenvalue weighted by atomic mass is 19.1. The maximum Gasteiger partial charge on any atom is 0.315 e. The van der Waals surface area contributed by atoms with Crippen LogP contribution in [0.15, 0.2) is 42.5 Å². The molecule has 3 atom stereocenters. The van der Waals surface area contributed by atoms with Crippen LogP contribution < -0.4 is 16.0 Å². The van der Waals surface area contributed by atoms with E-state index in [2.05, 4.69) is 48.0 Å². The molecular formula is C32H48F2N4O3. The first-order chi connectivity index (χ1) is 19.7. The van der Waals surface area contributed by atoms with E-state index < -0.39 is 29.8 Å². The molecule has 0 saturated carbocycles. The summed E-state index contributed by atoms with van der Waals surface area (Å²) in [6.45, 7) is 9.86. The fourth-order valence-electron chi connectivity index (χ4n) is 4.94. The van der Waals surface area contributed by atoms with Crippen LogP contribution in [0.3, 0.4) is 0 Å². The van der Waals surface area contributed by atoms with Gasteiger partial charge in [0.15, 0.2) is 0 Å². The fraction of sp³-hybridized carbons (Fsp3) is 0.562. The Morgan fingerprint density at radius 1 is 0.927 bits per heavy atom. The number of hydrogen-bond acceptors (Lipinski definition) is 4. The minimum Gasteiger partial charge on any atom is -0.390 e. The van der Waals surface area contributed by atoms with Crippen molar-refractivity contribution < 1.29 is 23.5 Å². The maximum absolute atomic E-state index is 13.9. The molecule has 2 aromatic carbocycles. The van der Waals surface area contributed by atoms with Crippen LogP contribution in [0.4, 0.5) is 13.6 Å². The van der Waals surface area contributed by atoms with Crippen molar-refractivity contribution in [3.63, 3.8) is 0 Å². The SMILES string of the molecule is CCCC(NC[C@@H](O)[C@H](Cc1cc(F)cc(F)c1)NC(=O)NCCC(=O)N(CCC)CCC)c1cccc(CC)c1. The second-order valence-electron chi connectivity index (χ2n) is 10.5. The number of hydrogen-bond donors (Lipinski definition) is 4. The summed E-state index contributed by atoms with van der Waals surface area (Å²) >= 11 is 0. The van der Waals surface area contributed by atoms with Gasteiger partial charge in [0.1, 0.15) is 11.6 Å². The van der Waals surface area contributed by atoms with Crippen LogP contribution in [-0.4, -0.2) is 60.3 Å². The van der Waals surface area contributed by atoms with Gasteiger partial charge in [0.05, 0.1) is 12.1 Å². The lowest BCUT2D eigenvalue weighted by Gasteiger charge is -2.27. The Labute approximate surface area is 244 Å². The number of aliphatic hydroxyl groups is 1. The van der Waals surface area contributed by atoms with Crippen LogP contribution in [0, 0.1) is 11.6 Å². The van der Waals surface area contributed by atoms with Gasteiger partial charge in [-0.25, -0.2) is 13.6 Å². The van der Waals surface area contributed by atoms with Crippen LogP contribution in [0.25, 0.3) is 0 Å². The van der Waals surface area contributed by atoms with Gasteiger partial charge in [-0.2, -0.15) is 0 Å². The lowest BCUT2D eigenvalue weighted by atomic mass is 9.97. The molecule has 0 spiro atoms. The van der Waals surface area contributed by atoms with Crippen molar-refractivity contribution in [1.29, 1.82) is 0 Å². The fourth-order valence-corrected chi connectivity index (χ4v) is 4.94. The van der Waals surface area contributed by atoms with Gasteiger partial charge >= 0.3 is 6.03 Å². The molecule has 0 fully saturated rings. The maximum atomic E-state index is 13.9. The molecule has 0 aromatic heterocycles. The third-order valence-electron chi connectivity index (χ3n) is 7.04. The van der Waals surface area contributed by atoms with Crippen LogP contribution in [0.2, 0.25) is 0 Å². The Balaban J connectivity index is 2.08. The summed E-state index contributed by atoms with van der Waals surface area (Å²) in [5.74, 6) is -1.48. The van der Waals surface area contributed by atoms with Crippen molar-refractivity contribution in [2.24, 2.45) is 0 Å². The van der Waals surface area contributed by atoms with Crippen LogP contribution in [0.1, 0.15) is 82.5 Å². The van der Waals surface area contributed by atoms with E-state index >= 15 is 0 Å². The lowest BCUT2D eigenvalue weighted by molar-refractivity contribution is -0.131. The molecule has 7 nitrogen and oxygen atoms in total. The van der Waals surface area contributed by atoms with Crippen molar-refractivity contribution in [1.82, 2.24) is 20.9 Å². The third kappa shape index (κ3) is 12.2. The van der Waals surface area contributed by atoms with Gasteiger partial charge in [-0.1, -0.05) is 58.4 Å². The quantitative estimate of drug-likeness (QED) is 0.195. The van der Waals surface area contributed by atoms with Crippen molar-refractivity contribution in [2.75, 3.05) is 26.2 Å². The Morgan fingerprint density at radius 2 is 1.61 bits per heavy atom. The monoisotopic (exact) mass is 574 g/mol. The van der Waals surface area contributed by atoms with E-state index in [4.69, 9.17) is 0 Å². The van der Waals surface area contributed by atoms with Crippen LogP contribution in [-0.2, 0) is 17.6 Å². The zero-order valence-corrected chi connectivity index (χ0v) is 25.0. The van der Waals surface area contributed by atoms with E-state index in [9.17, 15) is 23.5 Å². The van der Waals surface area contributed by atoms with Crippen LogP contribution >= 0.6 is 0 Å². The largest absolute Gasteiger partial charge is 0.390 e. The van der Waals surface area contributed by atoms with E-state index in [1.54, 1.807) is 4.90 Å². The van der Waals surface area contributed by atoms with Gasteiger partial charge < -0.3 is 26.0 Å². The number of carbonyl (C=O) groups excluding carboxylic acids is 2. The van der Waals surface area contributed by atoms with Crippen molar-refractivity contribution in [2.45, 2.75) is 90.8 Å². The molecule has 228 valence electrons. The number of rotatable bonds is 18. The summed E-state index contributed by atoms with van der Waals surface area (Å²) in [5.41, 5.74) is 2.66. The Bertz CT molecular complexity index is 1060. The molecule has 0 saturated heterocycles. The molecular weight excluding hydrogens is 526 g/mol. The highest BCUT2D eigenvalue weighted by Crippen LogP contribution is 2.20. The second-order valence-corrected chi connectivity index (χ2v) is 10.5. The van der Waals surface area contributed by atoms with Gasteiger partial charge in [-0.05, 0) is 60.9 Å². The average molecular weight is 575 g/mol. The second kappa shape index (κ2) is 18.4. The topological polar surface area (TPSA) is 93.7 Å². The average Bonchev–Trinajstić information content (AvgIpc) is 2.94. The van der Waals surface area contributed by atoms with Crippen molar-refractivity contribution in [3.05, 3.63) is 70.8 Å². The van der Waals surface area contributed by atoms with Gasteiger partial charge in [-0.3, -0.25) is 4.79 Å². The molecule has 3 amide bonds. The first-order valence-corrected chi connectivity index (χ1v) is 15.0. The minimum atomic E-state index is -1.05. The van der Waals surface area contributed by atoms with Gasteiger partial charge in [0, 0.05) is 44.7 Å². The van der Waals surface area contributed by atoms with Gasteiger partial charge in [0.2, 0.25) is 5.91 Å². The number of urea groups is 1. The van der Waals surface area contributed by atoms with Gasteiger partial charge in [0.25, 0.3) is 0 Å². The number of aryl methyl sites for hydroxylation is 1. The number of benzene rings is 2. The summed E-state index contributed by atoms with van der Waals surface area (Å²) in [5, 5.41) is 20.1. The summed E-state index contributed by atoms with van der Waals surface area (Å²) in [4.78, 5) is 27.1. The molecule has 9 heteroatoms. The third-order valence-corrected chi connectivity index (χ3v) is 7.04. The zero-order chi connectivity index (χ0) is 30.2. The molecule has 0 aliphatic rings. The van der Waals surface area contributed by atoms with E-state index in [-0.39, 0.29) is 37.9 Å². The molecule has 0 aliphatic carbocycles. The van der Waals surface area contributed by atoms with Crippen molar-refractivity contribution in [3.8, 4) is 0 Å². The predicted octanol–water partition coefficient (Wildman–Crippen LogP) is 5.27. The highest BCUT2D eigenvalue weighted by Gasteiger charge is 2.24. The molecule has 4 N–H and O–H groups in total. The molecule has 0 bridgehead atoms. The lowest BCUT2D eigenvalue weighted by Crippen LogP contribution is -2.52. The number of nitrogens with zero attached hydrogens (tertiary/aromatic N) is 1. The van der Waals surface area contributed by atoms with E-state index in [0.29, 0.717) is 18.7 Å².